The van der Waals surface area contributed by atoms with Gasteiger partial charge in [0.2, 0.25) is 0 Å². The van der Waals surface area contributed by atoms with Crippen LogP contribution in [0.25, 0.3) is 0 Å². The average Bonchev–Trinajstić information content (AvgIpc) is 2.08. The molecule has 1 rings (SSSR count). The summed E-state index contributed by atoms with van der Waals surface area (Å²) < 4.78 is 19.6. The average molecular weight is 244 g/mol. The predicted octanol–water partition coefficient (Wildman–Crippen LogP) is 2.82. The zero-order chi connectivity index (χ0) is 13.5. The second-order valence-electron chi connectivity index (χ2n) is 6.57. The van der Waals surface area contributed by atoms with Crippen molar-refractivity contribution < 1.29 is 18.7 Å². The van der Waals surface area contributed by atoms with Crippen LogP contribution in [-0.4, -0.2) is 23.0 Å². The fourth-order valence-corrected chi connectivity index (χ4v) is 2.04. The Morgan fingerprint density at radius 3 is 2.35 bits per heavy atom. The van der Waals surface area contributed by atoms with Gasteiger partial charge in [0.25, 0.3) is 5.67 Å². The monoisotopic (exact) mass is 244 g/mol. The van der Waals surface area contributed by atoms with Crippen LogP contribution in [0.1, 0.15) is 53.9 Å². The van der Waals surface area contributed by atoms with Gasteiger partial charge in [-0.25, -0.2) is 9.18 Å². The highest BCUT2D eigenvalue weighted by molar-refractivity contribution is 6.07. The number of carbonyl (C=O) groups is 2. The molecule has 1 saturated carbocycles. The van der Waals surface area contributed by atoms with Crippen molar-refractivity contribution in [2.24, 2.45) is 5.41 Å². The second kappa shape index (κ2) is 4.07. The van der Waals surface area contributed by atoms with Gasteiger partial charge in [0.05, 0.1) is 0 Å². The molecule has 0 heterocycles. The Morgan fingerprint density at radius 2 is 1.88 bits per heavy atom. The summed E-state index contributed by atoms with van der Waals surface area (Å²) in [6.45, 7) is 8.70. The van der Waals surface area contributed by atoms with Crippen LogP contribution in [0, 0.1) is 5.41 Å². The number of ketones is 1. The standard InChI is InChI=1S/C13H21FO3/c1-11(2,3)17-10(16)13(14)8-12(4,5)7-6-9(13)15/h6-8H2,1-5H3. The Bertz CT molecular complexity index is 341. The normalized spacial score (nSPS) is 28.9. The molecule has 0 saturated heterocycles. The second-order valence-corrected chi connectivity index (χ2v) is 6.57. The van der Waals surface area contributed by atoms with Crippen molar-refractivity contribution in [3.05, 3.63) is 0 Å². The maximum absolute atomic E-state index is 14.6. The molecule has 0 spiro atoms. The van der Waals surface area contributed by atoms with Gasteiger partial charge in [0.1, 0.15) is 5.60 Å². The Hall–Kier alpha value is -0.930. The van der Waals surface area contributed by atoms with Crippen molar-refractivity contribution >= 4 is 11.8 Å². The summed E-state index contributed by atoms with van der Waals surface area (Å²) in [7, 11) is 0. The van der Waals surface area contributed by atoms with E-state index in [1.165, 1.54) is 0 Å². The minimum atomic E-state index is -2.46. The Morgan fingerprint density at radius 1 is 1.35 bits per heavy atom. The van der Waals surface area contributed by atoms with Crippen molar-refractivity contribution in [2.75, 3.05) is 0 Å². The van der Waals surface area contributed by atoms with E-state index >= 15 is 0 Å². The minimum absolute atomic E-state index is 0.0895. The Kier molecular flexibility index (Phi) is 3.38. The highest BCUT2D eigenvalue weighted by Gasteiger charge is 2.54. The van der Waals surface area contributed by atoms with Crippen LogP contribution >= 0.6 is 0 Å². The van der Waals surface area contributed by atoms with E-state index in [4.69, 9.17) is 4.74 Å². The molecule has 1 aliphatic rings. The van der Waals surface area contributed by atoms with Gasteiger partial charge in [-0.1, -0.05) is 13.8 Å². The summed E-state index contributed by atoms with van der Waals surface area (Å²) in [6, 6.07) is 0. The predicted molar refractivity (Wildman–Crippen MR) is 62.3 cm³/mol. The molecule has 1 unspecified atom stereocenters. The highest BCUT2D eigenvalue weighted by atomic mass is 19.1. The molecule has 98 valence electrons. The zero-order valence-electron chi connectivity index (χ0n) is 11.2. The molecule has 0 radical (unpaired) electrons. The fraction of sp³-hybridized carbons (Fsp3) is 0.846. The molecule has 1 fully saturated rings. The lowest BCUT2D eigenvalue weighted by atomic mass is 9.70. The quantitative estimate of drug-likeness (QED) is 0.526. The van der Waals surface area contributed by atoms with Crippen molar-refractivity contribution in [2.45, 2.75) is 65.2 Å². The molecule has 0 bridgehead atoms. The number of carbonyl (C=O) groups excluding carboxylic acids is 2. The maximum atomic E-state index is 14.6. The molecular formula is C13H21FO3. The third-order valence-electron chi connectivity index (χ3n) is 2.92. The van der Waals surface area contributed by atoms with Gasteiger partial charge in [-0.2, -0.15) is 0 Å². The van der Waals surface area contributed by atoms with E-state index in [-0.39, 0.29) is 18.3 Å². The number of esters is 1. The van der Waals surface area contributed by atoms with Gasteiger partial charge < -0.3 is 4.74 Å². The molecule has 1 aliphatic carbocycles. The van der Waals surface area contributed by atoms with Gasteiger partial charge >= 0.3 is 5.97 Å². The van der Waals surface area contributed by atoms with Crippen molar-refractivity contribution in [3.63, 3.8) is 0 Å². The number of hydrogen-bond acceptors (Lipinski definition) is 3. The van der Waals surface area contributed by atoms with Crippen molar-refractivity contribution in [1.29, 1.82) is 0 Å². The molecule has 17 heavy (non-hydrogen) atoms. The lowest BCUT2D eigenvalue weighted by molar-refractivity contribution is -0.177. The third-order valence-corrected chi connectivity index (χ3v) is 2.92. The maximum Gasteiger partial charge on any atom is 0.352 e. The van der Waals surface area contributed by atoms with E-state index in [2.05, 4.69) is 0 Å². The molecule has 0 N–H and O–H groups in total. The molecule has 1 atom stereocenters. The van der Waals surface area contributed by atoms with Gasteiger partial charge in [0.15, 0.2) is 5.78 Å². The largest absolute Gasteiger partial charge is 0.457 e. The summed E-state index contributed by atoms with van der Waals surface area (Å²) in [5.41, 5.74) is -3.59. The number of hydrogen-bond donors (Lipinski definition) is 0. The summed E-state index contributed by atoms with van der Waals surface area (Å²) in [5, 5.41) is 0. The van der Waals surface area contributed by atoms with E-state index in [1.54, 1.807) is 20.8 Å². The van der Waals surface area contributed by atoms with Gasteiger partial charge in [-0.05, 0) is 32.6 Å². The van der Waals surface area contributed by atoms with E-state index in [0.29, 0.717) is 6.42 Å². The zero-order valence-corrected chi connectivity index (χ0v) is 11.2. The van der Waals surface area contributed by atoms with Crippen LogP contribution in [-0.2, 0) is 14.3 Å². The van der Waals surface area contributed by atoms with E-state index < -0.39 is 23.0 Å². The van der Waals surface area contributed by atoms with Crippen LogP contribution in [0.5, 0.6) is 0 Å². The molecule has 4 heteroatoms. The van der Waals surface area contributed by atoms with Gasteiger partial charge in [-0.15, -0.1) is 0 Å². The van der Waals surface area contributed by atoms with Crippen LogP contribution in [0.15, 0.2) is 0 Å². The Balaban J connectivity index is 2.91. The summed E-state index contributed by atoms with van der Waals surface area (Å²) >= 11 is 0. The lowest BCUT2D eigenvalue weighted by Gasteiger charge is -2.38. The molecule has 0 aromatic carbocycles. The van der Waals surface area contributed by atoms with Crippen LogP contribution in [0.2, 0.25) is 0 Å². The fourth-order valence-electron chi connectivity index (χ4n) is 2.04. The summed E-state index contributed by atoms with van der Waals surface area (Å²) in [6.07, 6.45) is 0.622. The topological polar surface area (TPSA) is 43.4 Å². The Labute approximate surface area is 102 Å². The van der Waals surface area contributed by atoms with Crippen LogP contribution < -0.4 is 0 Å². The molecule has 0 aliphatic heterocycles. The number of Topliss-reactive ketones (excluding diaryl/α,β-unsaturated/α-hetero) is 1. The van der Waals surface area contributed by atoms with Gasteiger partial charge in [-0.3, -0.25) is 4.79 Å². The third kappa shape index (κ3) is 3.27. The van der Waals surface area contributed by atoms with E-state index in [1.807, 2.05) is 13.8 Å². The van der Waals surface area contributed by atoms with E-state index in [9.17, 15) is 14.0 Å². The number of ether oxygens (including phenoxy) is 1. The first kappa shape index (κ1) is 14.1. The molecule has 0 aromatic rings. The highest BCUT2D eigenvalue weighted by Crippen LogP contribution is 2.42. The summed E-state index contributed by atoms with van der Waals surface area (Å²) in [5.74, 6) is -1.69. The lowest BCUT2D eigenvalue weighted by Crippen LogP contribution is -2.51. The summed E-state index contributed by atoms with van der Waals surface area (Å²) in [4.78, 5) is 23.5. The molecule has 0 amide bonds. The first-order chi connectivity index (χ1) is 7.46. The first-order valence-corrected chi connectivity index (χ1v) is 5.92. The molecule has 3 nitrogen and oxygen atoms in total. The number of halogens is 1. The van der Waals surface area contributed by atoms with Crippen molar-refractivity contribution in [3.8, 4) is 0 Å². The SMILES string of the molecule is CC1(C)CCC(=O)C(F)(C(=O)OC(C)(C)C)C1. The molecular weight excluding hydrogens is 223 g/mol. The van der Waals surface area contributed by atoms with Gasteiger partial charge in [0, 0.05) is 12.8 Å². The first-order valence-electron chi connectivity index (χ1n) is 5.92. The van der Waals surface area contributed by atoms with Crippen molar-refractivity contribution in [1.82, 2.24) is 0 Å². The van der Waals surface area contributed by atoms with E-state index in [0.717, 1.165) is 0 Å². The molecule has 0 aromatic heterocycles. The van der Waals surface area contributed by atoms with Crippen LogP contribution in [0.4, 0.5) is 4.39 Å². The number of rotatable bonds is 1. The smallest absolute Gasteiger partial charge is 0.352 e. The minimum Gasteiger partial charge on any atom is -0.457 e. The number of alkyl halides is 1. The van der Waals surface area contributed by atoms with Crippen LogP contribution in [0.3, 0.4) is 0 Å².